The fourth-order valence-electron chi connectivity index (χ4n) is 1.19. The van der Waals surface area contributed by atoms with Crippen LogP contribution in [-0.4, -0.2) is 69.1 Å². The number of carboxylic acid groups (broad SMARTS) is 3. The number of nitrogens with two attached hydrogens (primary N) is 1. The van der Waals surface area contributed by atoms with Crippen LogP contribution in [0.3, 0.4) is 0 Å². The summed E-state index contributed by atoms with van der Waals surface area (Å²) in [6.45, 7) is 3.93. The van der Waals surface area contributed by atoms with E-state index in [0.717, 1.165) is 6.54 Å². The van der Waals surface area contributed by atoms with E-state index in [4.69, 9.17) is 26.2 Å². The molecular weight excluding hydrogens is 272 g/mol. The first-order valence-electron chi connectivity index (χ1n) is 5.87. The molecule has 0 saturated carbocycles. The van der Waals surface area contributed by atoms with Crippen molar-refractivity contribution in [3.05, 3.63) is 0 Å². The molecule has 0 bridgehead atoms. The van der Waals surface area contributed by atoms with Gasteiger partial charge >= 0.3 is 17.9 Å². The number of carbonyl (C=O) groups is 3. The van der Waals surface area contributed by atoms with Crippen LogP contribution in [0.1, 0.15) is 26.2 Å². The quantitative estimate of drug-likeness (QED) is 0.353. The molecule has 0 aliphatic rings. The van der Waals surface area contributed by atoms with E-state index in [-0.39, 0.29) is 0 Å². The van der Waals surface area contributed by atoms with Crippen molar-refractivity contribution >= 4 is 17.9 Å². The maximum Gasteiger partial charge on any atom is 0.336 e. The minimum absolute atomic E-state index is 0.674. The zero-order chi connectivity index (χ0) is 16.3. The maximum absolute atomic E-state index is 10.3. The lowest BCUT2D eigenvalue weighted by molar-refractivity contribution is -0.170. The van der Waals surface area contributed by atoms with E-state index in [1.54, 1.807) is 0 Å². The Labute approximate surface area is 116 Å². The van der Waals surface area contributed by atoms with Crippen molar-refractivity contribution in [3.8, 4) is 0 Å². The second-order valence-corrected chi connectivity index (χ2v) is 4.24. The van der Waals surface area contributed by atoms with Crippen molar-refractivity contribution < 1.29 is 34.8 Å². The van der Waals surface area contributed by atoms with Crippen LogP contribution in [0.2, 0.25) is 0 Å². The third-order valence-electron chi connectivity index (χ3n) is 2.20. The maximum atomic E-state index is 10.3. The van der Waals surface area contributed by atoms with E-state index >= 15 is 0 Å². The van der Waals surface area contributed by atoms with Gasteiger partial charge in [0.25, 0.3) is 0 Å². The van der Waals surface area contributed by atoms with Gasteiger partial charge in [-0.15, -0.1) is 0 Å². The van der Waals surface area contributed by atoms with Crippen LogP contribution in [-0.2, 0) is 14.4 Å². The molecule has 0 unspecified atom stereocenters. The van der Waals surface area contributed by atoms with Crippen LogP contribution in [0.15, 0.2) is 0 Å². The highest BCUT2D eigenvalue weighted by Crippen LogP contribution is 2.15. The molecule has 0 aromatic heterocycles. The summed E-state index contributed by atoms with van der Waals surface area (Å²) in [7, 11) is 2.02. The SMILES string of the molecule is CCCN(C)CN.O=C(O)CC(O)(CC(=O)O)C(=O)O. The lowest BCUT2D eigenvalue weighted by atomic mass is 9.96. The molecule has 0 saturated heterocycles. The first kappa shape index (κ1) is 20.6. The van der Waals surface area contributed by atoms with Crippen molar-refractivity contribution in [1.29, 1.82) is 0 Å². The molecule has 118 valence electrons. The van der Waals surface area contributed by atoms with E-state index in [0.29, 0.717) is 6.67 Å². The van der Waals surface area contributed by atoms with Crippen molar-refractivity contribution in [2.75, 3.05) is 20.3 Å². The van der Waals surface area contributed by atoms with Crippen LogP contribution in [0.5, 0.6) is 0 Å². The van der Waals surface area contributed by atoms with Gasteiger partial charge in [0.2, 0.25) is 0 Å². The van der Waals surface area contributed by atoms with Crippen molar-refractivity contribution in [2.45, 2.75) is 31.8 Å². The number of nitrogens with zero attached hydrogens (tertiary/aromatic N) is 1. The first-order valence-corrected chi connectivity index (χ1v) is 5.87. The van der Waals surface area contributed by atoms with E-state index in [1.165, 1.54) is 6.42 Å². The van der Waals surface area contributed by atoms with Gasteiger partial charge in [-0.25, -0.2) is 4.79 Å². The Morgan fingerprint density at radius 2 is 1.50 bits per heavy atom. The molecule has 6 N–H and O–H groups in total. The Balaban J connectivity index is 0. The molecule has 0 spiro atoms. The number of aliphatic hydroxyl groups is 1. The molecule has 0 aliphatic carbocycles. The lowest BCUT2D eigenvalue weighted by Gasteiger charge is -2.18. The third kappa shape index (κ3) is 10.2. The van der Waals surface area contributed by atoms with Crippen LogP contribution < -0.4 is 5.73 Å². The molecule has 0 radical (unpaired) electrons. The minimum atomic E-state index is -2.74. The van der Waals surface area contributed by atoms with Crippen LogP contribution in [0, 0.1) is 0 Å². The number of hydrogen-bond donors (Lipinski definition) is 5. The van der Waals surface area contributed by atoms with Gasteiger partial charge in [0, 0.05) is 6.67 Å². The zero-order valence-electron chi connectivity index (χ0n) is 11.6. The summed E-state index contributed by atoms with van der Waals surface area (Å²) in [4.78, 5) is 32.6. The summed E-state index contributed by atoms with van der Waals surface area (Å²) in [5.41, 5.74) is 2.55. The van der Waals surface area contributed by atoms with E-state index < -0.39 is 36.4 Å². The highest BCUT2D eigenvalue weighted by molar-refractivity contribution is 5.88. The molecule has 9 nitrogen and oxygen atoms in total. The third-order valence-corrected chi connectivity index (χ3v) is 2.20. The van der Waals surface area contributed by atoms with Crippen molar-refractivity contribution in [2.24, 2.45) is 5.73 Å². The summed E-state index contributed by atoms with van der Waals surface area (Å²) in [5, 5.41) is 33.8. The summed E-state index contributed by atoms with van der Waals surface area (Å²) in [5.74, 6) is -5.02. The summed E-state index contributed by atoms with van der Waals surface area (Å²) >= 11 is 0. The standard InChI is InChI=1S/C6H8O7.C5H14N2/c7-3(8)1-6(13,5(11)12)2-4(9)10;1-3-4-7(2)5-6/h13H,1-2H2,(H,7,8)(H,9,10)(H,11,12);3-6H2,1-2H3. The van der Waals surface area contributed by atoms with E-state index in [9.17, 15) is 14.4 Å². The van der Waals surface area contributed by atoms with Crippen molar-refractivity contribution in [3.63, 3.8) is 0 Å². The molecule has 0 atom stereocenters. The minimum Gasteiger partial charge on any atom is -0.481 e. The molecule has 0 fully saturated rings. The number of aliphatic carboxylic acids is 3. The molecule has 0 aliphatic heterocycles. The largest absolute Gasteiger partial charge is 0.481 e. The normalized spacial score (nSPS) is 10.7. The molecule has 9 heteroatoms. The van der Waals surface area contributed by atoms with Gasteiger partial charge in [0.1, 0.15) is 0 Å². The fourth-order valence-corrected chi connectivity index (χ4v) is 1.19. The van der Waals surface area contributed by atoms with Gasteiger partial charge in [0.05, 0.1) is 12.8 Å². The number of rotatable bonds is 8. The zero-order valence-corrected chi connectivity index (χ0v) is 11.6. The molecule has 0 aromatic rings. The molecular formula is C11H22N2O7. The van der Waals surface area contributed by atoms with Gasteiger partial charge in [-0.1, -0.05) is 6.92 Å². The van der Waals surface area contributed by atoms with Crippen LogP contribution in [0.4, 0.5) is 0 Å². The highest BCUT2D eigenvalue weighted by Gasteiger charge is 2.40. The summed E-state index contributed by atoms with van der Waals surface area (Å²) in [6.07, 6.45) is -1.10. The predicted octanol–water partition coefficient (Wildman–Crippen LogP) is -1.00. The summed E-state index contributed by atoms with van der Waals surface area (Å²) in [6, 6.07) is 0. The molecule has 0 heterocycles. The highest BCUT2D eigenvalue weighted by atomic mass is 16.4. The predicted molar refractivity (Wildman–Crippen MR) is 69.1 cm³/mol. The molecule has 0 rings (SSSR count). The Kier molecular flexibility index (Phi) is 10.4. The van der Waals surface area contributed by atoms with Gasteiger partial charge in [-0.3, -0.25) is 14.5 Å². The molecule has 20 heavy (non-hydrogen) atoms. The Morgan fingerprint density at radius 1 is 1.10 bits per heavy atom. The van der Waals surface area contributed by atoms with Crippen molar-refractivity contribution in [1.82, 2.24) is 4.90 Å². The van der Waals surface area contributed by atoms with Gasteiger partial charge < -0.3 is 26.2 Å². The summed E-state index contributed by atoms with van der Waals surface area (Å²) < 4.78 is 0. The average molecular weight is 294 g/mol. The van der Waals surface area contributed by atoms with Gasteiger partial charge in [-0.05, 0) is 20.0 Å². The van der Waals surface area contributed by atoms with Gasteiger partial charge in [-0.2, -0.15) is 0 Å². The Morgan fingerprint density at radius 3 is 1.65 bits per heavy atom. The number of hydrogen-bond acceptors (Lipinski definition) is 6. The Bertz CT molecular complexity index is 317. The smallest absolute Gasteiger partial charge is 0.336 e. The topological polar surface area (TPSA) is 161 Å². The monoisotopic (exact) mass is 294 g/mol. The number of carboxylic acids is 3. The van der Waals surface area contributed by atoms with Gasteiger partial charge in [0.15, 0.2) is 5.60 Å². The first-order chi connectivity index (χ1) is 9.08. The molecule has 0 amide bonds. The lowest BCUT2D eigenvalue weighted by Crippen LogP contribution is -2.42. The average Bonchev–Trinajstić information content (AvgIpc) is 2.27. The van der Waals surface area contributed by atoms with E-state index in [1.807, 2.05) is 7.05 Å². The second kappa shape index (κ2) is 10.1. The van der Waals surface area contributed by atoms with E-state index in [2.05, 4.69) is 11.8 Å². The Hall–Kier alpha value is -1.71. The fraction of sp³-hybridized carbons (Fsp3) is 0.727. The molecule has 0 aromatic carbocycles. The van der Waals surface area contributed by atoms with Crippen LogP contribution >= 0.6 is 0 Å². The van der Waals surface area contributed by atoms with Crippen LogP contribution in [0.25, 0.3) is 0 Å². The second-order valence-electron chi connectivity index (χ2n) is 4.24.